The number of aryl methyl sites for hydroxylation is 1. The fourth-order valence-electron chi connectivity index (χ4n) is 1.25. The third-order valence-corrected chi connectivity index (χ3v) is 1.78. The standard InChI is InChI=1S/C10H15NO/c1-8-5-9(3-4-11)7-10(6-8)12-2/h5-7H,3-4,11H2,1-2H3. The van der Waals surface area contributed by atoms with Gasteiger partial charge in [0.25, 0.3) is 0 Å². The zero-order valence-corrected chi connectivity index (χ0v) is 7.63. The number of hydrogen-bond donors (Lipinski definition) is 1. The van der Waals surface area contributed by atoms with Crippen molar-refractivity contribution in [3.05, 3.63) is 29.3 Å². The topological polar surface area (TPSA) is 35.2 Å². The van der Waals surface area contributed by atoms with Gasteiger partial charge >= 0.3 is 0 Å². The van der Waals surface area contributed by atoms with Crippen molar-refractivity contribution in [1.29, 1.82) is 0 Å². The summed E-state index contributed by atoms with van der Waals surface area (Å²) in [6.45, 7) is 2.75. The molecule has 2 heteroatoms. The van der Waals surface area contributed by atoms with Gasteiger partial charge < -0.3 is 10.5 Å². The quantitative estimate of drug-likeness (QED) is 0.736. The first-order valence-electron chi connectivity index (χ1n) is 4.11. The second kappa shape index (κ2) is 4.12. The summed E-state index contributed by atoms with van der Waals surface area (Å²) in [5.74, 6) is 0.915. The lowest BCUT2D eigenvalue weighted by Gasteiger charge is -2.05. The fourth-order valence-corrected chi connectivity index (χ4v) is 1.25. The molecule has 0 fully saturated rings. The molecule has 0 radical (unpaired) electrons. The lowest BCUT2D eigenvalue weighted by atomic mass is 10.1. The molecular formula is C10H15NO. The molecule has 1 aromatic carbocycles. The van der Waals surface area contributed by atoms with E-state index >= 15 is 0 Å². The summed E-state index contributed by atoms with van der Waals surface area (Å²) in [5, 5.41) is 0. The van der Waals surface area contributed by atoms with E-state index in [4.69, 9.17) is 10.5 Å². The van der Waals surface area contributed by atoms with Gasteiger partial charge in [-0.15, -0.1) is 0 Å². The van der Waals surface area contributed by atoms with Crippen molar-refractivity contribution in [2.75, 3.05) is 13.7 Å². The molecule has 66 valence electrons. The molecule has 0 aliphatic rings. The highest BCUT2D eigenvalue weighted by molar-refractivity contribution is 5.33. The zero-order valence-electron chi connectivity index (χ0n) is 7.63. The highest BCUT2D eigenvalue weighted by atomic mass is 16.5. The molecule has 1 aromatic rings. The first-order valence-corrected chi connectivity index (χ1v) is 4.11. The van der Waals surface area contributed by atoms with Crippen LogP contribution in [0.1, 0.15) is 11.1 Å². The average molecular weight is 165 g/mol. The van der Waals surface area contributed by atoms with Crippen LogP contribution in [0.2, 0.25) is 0 Å². The number of methoxy groups -OCH3 is 1. The SMILES string of the molecule is COc1cc(C)cc(CCN)c1. The normalized spacial score (nSPS) is 9.92. The summed E-state index contributed by atoms with van der Waals surface area (Å²) in [4.78, 5) is 0. The Bertz CT molecular complexity index is 258. The molecule has 0 saturated carbocycles. The maximum Gasteiger partial charge on any atom is 0.119 e. The number of ether oxygens (including phenoxy) is 1. The molecule has 0 spiro atoms. The third-order valence-electron chi connectivity index (χ3n) is 1.78. The predicted octanol–water partition coefficient (Wildman–Crippen LogP) is 1.50. The second-order valence-electron chi connectivity index (χ2n) is 2.90. The smallest absolute Gasteiger partial charge is 0.119 e. The summed E-state index contributed by atoms with van der Waals surface area (Å²) in [6.07, 6.45) is 0.915. The fraction of sp³-hybridized carbons (Fsp3) is 0.400. The second-order valence-corrected chi connectivity index (χ2v) is 2.90. The molecule has 0 saturated heterocycles. The third kappa shape index (κ3) is 2.24. The maximum absolute atomic E-state index is 5.46. The molecule has 2 nitrogen and oxygen atoms in total. The van der Waals surface area contributed by atoms with Crippen molar-refractivity contribution in [2.24, 2.45) is 5.73 Å². The molecule has 0 bridgehead atoms. The van der Waals surface area contributed by atoms with Gasteiger partial charge in [-0.1, -0.05) is 6.07 Å². The van der Waals surface area contributed by atoms with Gasteiger partial charge in [0.15, 0.2) is 0 Å². The first kappa shape index (κ1) is 9.07. The minimum Gasteiger partial charge on any atom is -0.497 e. The van der Waals surface area contributed by atoms with Gasteiger partial charge in [-0.05, 0) is 43.1 Å². The average Bonchev–Trinajstić information content (AvgIpc) is 2.04. The van der Waals surface area contributed by atoms with Gasteiger partial charge in [0.2, 0.25) is 0 Å². The van der Waals surface area contributed by atoms with E-state index in [0.29, 0.717) is 6.54 Å². The summed E-state index contributed by atoms with van der Waals surface area (Å²) >= 11 is 0. The van der Waals surface area contributed by atoms with E-state index in [9.17, 15) is 0 Å². The Morgan fingerprint density at radius 3 is 2.67 bits per heavy atom. The van der Waals surface area contributed by atoms with Crippen LogP contribution in [0.4, 0.5) is 0 Å². The molecule has 0 unspecified atom stereocenters. The van der Waals surface area contributed by atoms with E-state index in [1.54, 1.807) is 7.11 Å². The van der Waals surface area contributed by atoms with Gasteiger partial charge in [0.1, 0.15) is 5.75 Å². The molecule has 0 heterocycles. The summed E-state index contributed by atoms with van der Waals surface area (Å²) in [6, 6.07) is 6.18. The molecule has 0 aliphatic heterocycles. The van der Waals surface area contributed by atoms with Crippen LogP contribution in [0.5, 0.6) is 5.75 Å². The molecule has 0 aliphatic carbocycles. The highest BCUT2D eigenvalue weighted by Gasteiger charge is 1.96. The van der Waals surface area contributed by atoms with Crippen molar-refractivity contribution in [2.45, 2.75) is 13.3 Å². The van der Waals surface area contributed by atoms with Gasteiger partial charge in [-0.3, -0.25) is 0 Å². The van der Waals surface area contributed by atoms with Crippen LogP contribution in [0.3, 0.4) is 0 Å². The number of benzene rings is 1. The Morgan fingerprint density at radius 1 is 1.33 bits per heavy atom. The summed E-state index contributed by atoms with van der Waals surface area (Å²) in [5.41, 5.74) is 7.93. The van der Waals surface area contributed by atoms with Crippen molar-refractivity contribution < 1.29 is 4.74 Å². The van der Waals surface area contributed by atoms with E-state index in [2.05, 4.69) is 13.0 Å². The van der Waals surface area contributed by atoms with Gasteiger partial charge in [-0.2, -0.15) is 0 Å². The molecule has 2 N–H and O–H groups in total. The van der Waals surface area contributed by atoms with Gasteiger partial charge in [0.05, 0.1) is 7.11 Å². The van der Waals surface area contributed by atoms with Crippen molar-refractivity contribution >= 4 is 0 Å². The highest BCUT2D eigenvalue weighted by Crippen LogP contribution is 2.16. The number of nitrogens with two attached hydrogens (primary N) is 1. The summed E-state index contributed by atoms with van der Waals surface area (Å²) < 4.78 is 5.14. The van der Waals surface area contributed by atoms with Crippen LogP contribution < -0.4 is 10.5 Å². The molecule has 0 atom stereocenters. The van der Waals surface area contributed by atoms with Crippen molar-refractivity contribution in [1.82, 2.24) is 0 Å². The van der Waals surface area contributed by atoms with E-state index in [0.717, 1.165) is 12.2 Å². The molecule has 12 heavy (non-hydrogen) atoms. The largest absolute Gasteiger partial charge is 0.497 e. The monoisotopic (exact) mass is 165 g/mol. The Kier molecular flexibility index (Phi) is 3.11. The van der Waals surface area contributed by atoms with Crippen molar-refractivity contribution in [3.63, 3.8) is 0 Å². The van der Waals surface area contributed by atoms with E-state index in [1.165, 1.54) is 11.1 Å². The van der Waals surface area contributed by atoms with Crippen LogP contribution >= 0.6 is 0 Å². The van der Waals surface area contributed by atoms with Crippen LogP contribution in [-0.2, 0) is 6.42 Å². The van der Waals surface area contributed by atoms with E-state index in [1.807, 2.05) is 12.1 Å². The molecule has 0 aromatic heterocycles. The van der Waals surface area contributed by atoms with Crippen molar-refractivity contribution in [3.8, 4) is 5.75 Å². The van der Waals surface area contributed by atoms with Gasteiger partial charge in [0, 0.05) is 0 Å². The molecular weight excluding hydrogens is 150 g/mol. The number of hydrogen-bond acceptors (Lipinski definition) is 2. The summed E-state index contributed by atoms with van der Waals surface area (Å²) in [7, 11) is 1.68. The van der Waals surface area contributed by atoms with Crippen LogP contribution in [0.25, 0.3) is 0 Å². The molecule has 0 amide bonds. The van der Waals surface area contributed by atoms with E-state index < -0.39 is 0 Å². The van der Waals surface area contributed by atoms with Gasteiger partial charge in [-0.25, -0.2) is 0 Å². The first-order chi connectivity index (χ1) is 5.76. The minimum absolute atomic E-state index is 0.687. The number of rotatable bonds is 3. The lowest BCUT2D eigenvalue weighted by Crippen LogP contribution is -2.03. The van der Waals surface area contributed by atoms with Crippen LogP contribution in [-0.4, -0.2) is 13.7 Å². The van der Waals surface area contributed by atoms with Crippen LogP contribution in [0, 0.1) is 6.92 Å². The maximum atomic E-state index is 5.46. The Hall–Kier alpha value is -1.02. The minimum atomic E-state index is 0.687. The lowest BCUT2D eigenvalue weighted by molar-refractivity contribution is 0.414. The predicted molar refractivity (Wildman–Crippen MR) is 50.5 cm³/mol. The molecule has 1 rings (SSSR count). The zero-order chi connectivity index (χ0) is 8.97. The van der Waals surface area contributed by atoms with E-state index in [-0.39, 0.29) is 0 Å². The Morgan fingerprint density at radius 2 is 2.08 bits per heavy atom. The Balaban J connectivity index is 2.90. The Labute approximate surface area is 73.3 Å². The van der Waals surface area contributed by atoms with Crippen LogP contribution in [0.15, 0.2) is 18.2 Å².